The Labute approximate surface area is 126 Å². The lowest BCUT2D eigenvalue weighted by molar-refractivity contribution is 0.588. The SMILES string of the molecule is Cc1ccc(C(N)CS(=O)(=O)c2ccccc2C)c(C)c1. The summed E-state index contributed by atoms with van der Waals surface area (Å²) in [5, 5.41) is 0. The van der Waals surface area contributed by atoms with Crippen LogP contribution >= 0.6 is 0 Å². The van der Waals surface area contributed by atoms with Gasteiger partial charge >= 0.3 is 0 Å². The molecular weight excluding hydrogens is 282 g/mol. The van der Waals surface area contributed by atoms with E-state index in [0.717, 1.165) is 22.3 Å². The molecule has 0 aliphatic carbocycles. The monoisotopic (exact) mass is 303 g/mol. The molecule has 0 aromatic heterocycles. The molecule has 2 N–H and O–H groups in total. The van der Waals surface area contributed by atoms with Gasteiger partial charge in [-0.25, -0.2) is 8.42 Å². The number of hydrogen-bond acceptors (Lipinski definition) is 3. The molecular formula is C17H21NO2S. The van der Waals surface area contributed by atoms with Gasteiger partial charge in [0.05, 0.1) is 10.6 Å². The van der Waals surface area contributed by atoms with Gasteiger partial charge in [0.15, 0.2) is 9.84 Å². The second kappa shape index (κ2) is 6.00. The third-order valence-electron chi connectivity index (χ3n) is 3.65. The largest absolute Gasteiger partial charge is 0.323 e. The van der Waals surface area contributed by atoms with Crippen LogP contribution in [0.4, 0.5) is 0 Å². The molecule has 21 heavy (non-hydrogen) atoms. The van der Waals surface area contributed by atoms with E-state index in [1.807, 2.05) is 38.1 Å². The Hall–Kier alpha value is -1.65. The highest BCUT2D eigenvalue weighted by atomic mass is 32.2. The molecule has 0 bridgehead atoms. The van der Waals surface area contributed by atoms with Crippen LogP contribution in [-0.4, -0.2) is 14.2 Å². The van der Waals surface area contributed by atoms with E-state index in [0.29, 0.717) is 4.90 Å². The van der Waals surface area contributed by atoms with Crippen molar-refractivity contribution in [1.82, 2.24) is 0 Å². The number of aryl methyl sites for hydroxylation is 3. The van der Waals surface area contributed by atoms with Crippen molar-refractivity contribution in [2.24, 2.45) is 5.73 Å². The number of hydrogen-bond donors (Lipinski definition) is 1. The van der Waals surface area contributed by atoms with Crippen molar-refractivity contribution < 1.29 is 8.42 Å². The standard InChI is InChI=1S/C17H21NO2S/c1-12-8-9-15(14(3)10-12)16(18)11-21(19,20)17-7-5-4-6-13(17)2/h4-10,16H,11,18H2,1-3H3. The fourth-order valence-electron chi connectivity index (χ4n) is 2.56. The molecule has 2 aromatic carbocycles. The summed E-state index contributed by atoms with van der Waals surface area (Å²) in [5.41, 5.74) is 9.96. The van der Waals surface area contributed by atoms with Crippen LogP contribution in [0.3, 0.4) is 0 Å². The average Bonchev–Trinajstić information content (AvgIpc) is 2.38. The summed E-state index contributed by atoms with van der Waals surface area (Å²) < 4.78 is 25.1. The average molecular weight is 303 g/mol. The number of benzene rings is 2. The van der Waals surface area contributed by atoms with Crippen LogP contribution in [-0.2, 0) is 9.84 Å². The van der Waals surface area contributed by atoms with Crippen molar-refractivity contribution >= 4 is 9.84 Å². The summed E-state index contributed by atoms with van der Waals surface area (Å²) in [7, 11) is -3.39. The van der Waals surface area contributed by atoms with Crippen LogP contribution < -0.4 is 5.73 Å². The van der Waals surface area contributed by atoms with Gasteiger partial charge in [-0.1, -0.05) is 42.0 Å². The summed E-state index contributed by atoms with van der Waals surface area (Å²) >= 11 is 0. The van der Waals surface area contributed by atoms with Crippen molar-refractivity contribution in [3.05, 3.63) is 64.7 Å². The van der Waals surface area contributed by atoms with Crippen LogP contribution in [0.2, 0.25) is 0 Å². The van der Waals surface area contributed by atoms with Crippen molar-refractivity contribution in [3.63, 3.8) is 0 Å². The van der Waals surface area contributed by atoms with E-state index in [1.54, 1.807) is 25.1 Å². The van der Waals surface area contributed by atoms with Gasteiger partial charge in [-0.3, -0.25) is 0 Å². The first kappa shape index (κ1) is 15.7. The topological polar surface area (TPSA) is 60.2 Å². The van der Waals surface area contributed by atoms with Crippen LogP contribution in [0.5, 0.6) is 0 Å². The normalized spacial score (nSPS) is 13.1. The minimum Gasteiger partial charge on any atom is -0.323 e. The molecule has 0 spiro atoms. The molecule has 1 atom stereocenters. The fourth-order valence-corrected chi connectivity index (χ4v) is 4.24. The van der Waals surface area contributed by atoms with Gasteiger partial charge < -0.3 is 5.73 Å². The number of rotatable bonds is 4. The maximum atomic E-state index is 12.5. The zero-order valence-corrected chi connectivity index (χ0v) is 13.4. The second-order valence-electron chi connectivity index (χ2n) is 5.51. The second-order valence-corrected chi connectivity index (χ2v) is 7.52. The molecule has 3 nitrogen and oxygen atoms in total. The van der Waals surface area contributed by atoms with E-state index in [1.165, 1.54) is 0 Å². The fraction of sp³-hybridized carbons (Fsp3) is 0.294. The maximum absolute atomic E-state index is 12.5. The van der Waals surface area contributed by atoms with Gasteiger partial charge in [0.2, 0.25) is 0 Å². The Morgan fingerprint density at radius 1 is 1.00 bits per heavy atom. The zero-order valence-electron chi connectivity index (χ0n) is 12.6. The summed E-state index contributed by atoms with van der Waals surface area (Å²) in [6.07, 6.45) is 0. The van der Waals surface area contributed by atoms with Gasteiger partial charge in [-0.15, -0.1) is 0 Å². The Bertz CT molecular complexity index is 751. The molecule has 0 fully saturated rings. The lowest BCUT2D eigenvalue weighted by Gasteiger charge is -2.16. The van der Waals surface area contributed by atoms with E-state index in [9.17, 15) is 8.42 Å². The summed E-state index contributed by atoms with van der Waals surface area (Å²) in [6, 6.07) is 12.4. The quantitative estimate of drug-likeness (QED) is 0.944. The molecule has 0 aliphatic heterocycles. The molecule has 4 heteroatoms. The highest BCUT2D eigenvalue weighted by Gasteiger charge is 2.22. The molecule has 0 heterocycles. The van der Waals surface area contributed by atoms with Crippen LogP contribution in [0.1, 0.15) is 28.3 Å². The molecule has 0 aliphatic rings. The van der Waals surface area contributed by atoms with Gasteiger partial charge in [-0.2, -0.15) is 0 Å². The highest BCUT2D eigenvalue weighted by Crippen LogP contribution is 2.23. The highest BCUT2D eigenvalue weighted by molar-refractivity contribution is 7.91. The molecule has 0 saturated carbocycles. The lowest BCUT2D eigenvalue weighted by Crippen LogP contribution is -2.23. The summed E-state index contributed by atoms with van der Waals surface area (Å²) in [5.74, 6) is -0.0816. The third-order valence-corrected chi connectivity index (χ3v) is 5.58. The van der Waals surface area contributed by atoms with E-state index in [4.69, 9.17) is 5.73 Å². The molecule has 112 valence electrons. The molecule has 1 unspecified atom stereocenters. The first-order chi connectivity index (χ1) is 9.81. The molecule has 0 radical (unpaired) electrons. The number of sulfone groups is 1. The van der Waals surface area contributed by atoms with E-state index < -0.39 is 15.9 Å². The smallest absolute Gasteiger partial charge is 0.180 e. The Balaban J connectivity index is 2.30. The van der Waals surface area contributed by atoms with E-state index >= 15 is 0 Å². The third kappa shape index (κ3) is 3.52. The van der Waals surface area contributed by atoms with Crippen molar-refractivity contribution in [1.29, 1.82) is 0 Å². The first-order valence-electron chi connectivity index (χ1n) is 6.92. The first-order valence-corrected chi connectivity index (χ1v) is 8.57. The van der Waals surface area contributed by atoms with E-state index in [-0.39, 0.29) is 5.75 Å². The van der Waals surface area contributed by atoms with Gasteiger partial charge in [0.25, 0.3) is 0 Å². The maximum Gasteiger partial charge on any atom is 0.180 e. The molecule has 0 amide bonds. The van der Waals surface area contributed by atoms with Gasteiger partial charge in [0, 0.05) is 6.04 Å². The van der Waals surface area contributed by atoms with Crippen molar-refractivity contribution in [2.75, 3.05) is 5.75 Å². The predicted molar refractivity (Wildman–Crippen MR) is 86.1 cm³/mol. The van der Waals surface area contributed by atoms with Gasteiger partial charge in [0.1, 0.15) is 0 Å². The Morgan fingerprint density at radius 2 is 1.67 bits per heavy atom. The van der Waals surface area contributed by atoms with Crippen molar-refractivity contribution in [2.45, 2.75) is 31.7 Å². The Kier molecular flexibility index (Phi) is 4.49. The zero-order chi connectivity index (χ0) is 15.6. The number of nitrogens with two attached hydrogens (primary N) is 1. The lowest BCUT2D eigenvalue weighted by atomic mass is 10.0. The summed E-state index contributed by atoms with van der Waals surface area (Å²) in [6.45, 7) is 5.77. The Morgan fingerprint density at radius 3 is 2.29 bits per heavy atom. The van der Waals surface area contributed by atoms with Crippen LogP contribution in [0.25, 0.3) is 0 Å². The molecule has 0 saturated heterocycles. The minimum absolute atomic E-state index is 0.0816. The predicted octanol–water partition coefficient (Wildman–Crippen LogP) is 3.09. The van der Waals surface area contributed by atoms with Crippen LogP contribution in [0, 0.1) is 20.8 Å². The van der Waals surface area contributed by atoms with Crippen LogP contribution in [0.15, 0.2) is 47.4 Å². The van der Waals surface area contributed by atoms with Gasteiger partial charge in [-0.05, 0) is 43.5 Å². The summed E-state index contributed by atoms with van der Waals surface area (Å²) in [4.78, 5) is 0.366. The van der Waals surface area contributed by atoms with Crippen molar-refractivity contribution in [3.8, 4) is 0 Å². The van der Waals surface area contributed by atoms with E-state index in [2.05, 4.69) is 0 Å². The molecule has 2 aromatic rings. The molecule has 2 rings (SSSR count). The minimum atomic E-state index is -3.39.